The Labute approximate surface area is 127 Å². The lowest BCUT2D eigenvalue weighted by Gasteiger charge is -2.08. The maximum atomic E-state index is 5.89. The third-order valence-corrected chi connectivity index (χ3v) is 3.32. The molecule has 0 amide bonds. The highest BCUT2D eigenvalue weighted by molar-refractivity contribution is 5.33. The van der Waals surface area contributed by atoms with Crippen LogP contribution in [0.5, 0.6) is 11.5 Å². The number of nitrogens with zero attached hydrogens (tertiary/aromatic N) is 1. The molecule has 21 heavy (non-hydrogen) atoms. The Kier molecular flexibility index (Phi) is 6.22. The van der Waals surface area contributed by atoms with Crippen LogP contribution in [0.4, 0.5) is 0 Å². The zero-order valence-corrected chi connectivity index (χ0v) is 12.9. The van der Waals surface area contributed by atoms with Crippen molar-refractivity contribution in [3.05, 3.63) is 53.9 Å². The number of pyridine rings is 1. The Morgan fingerprint density at radius 2 is 1.86 bits per heavy atom. The van der Waals surface area contributed by atoms with E-state index in [1.165, 1.54) is 18.4 Å². The fourth-order valence-electron chi connectivity index (χ4n) is 2.11. The second-order valence-electron chi connectivity index (χ2n) is 5.11. The van der Waals surface area contributed by atoms with E-state index in [1.54, 1.807) is 6.20 Å². The SMILES string of the molecule is CCCCc1ccc(Oc2ccnc(CNCC)c2)cc1. The maximum absolute atomic E-state index is 5.89. The van der Waals surface area contributed by atoms with Gasteiger partial charge in [0, 0.05) is 18.8 Å². The second kappa shape index (κ2) is 8.42. The van der Waals surface area contributed by atoms with Gasteiger partial charge in [-0.3, -0.25) is 4.98 Å². The van der Waals surface area contributed by atoms with Crippen molar-refractivity contribution in [3.8, 4) is 11.5 Å². The molecule has 0 aliphatic heterocycles. The van der Waals surface area contributed by atoms with E-state index in [4.69, 9.17) is 4.74 Å². The molecule has 0 saturated heterocycles. The van der Waals surface area contributed by atoms with Crippen LogP contribution >= 0.6 is 0 Å². The first-order valence-electron chi connectivity index (χ1n) is 7.74. The maximum Gasteiger partial charge on any atom is 0.130 e. The minimum atomic E-state index is 0.768. The van der Waals surface area contributed by atoms with Gasteiger partial charge in [0.15, 0.2) is 0 Å². The molecule has 1 aromatic heterocycles. The quantitative estimate of drug-likeness (QED) is 0.783. The van der Waals surface area contributed by atoms with Crippen LogP contribution in [0, 0.1) is 0 Å². The minimum Gasteiger partial charge on any atom is -0.457 e. The molecule has 0 bridgehead atoms. The summed E-state index contributed by atoms with van der Waals surface area (Å²) >= 11 is 0. The molecule has 0 fully saturated rings. The number of nitrogens with one attached hydrogen (secondary N) is 1. The Morgan fingerprint density at radius 1 is 1.05 bits per heavy atom. The average Bonchev–Trinajstić information content (AvgIpc) is 2.53. The fraction of sp³-hybridized carbons (Fsp3) is 0.389. The lowest BCUT2D eigenvalue weighted by Crippen LogP contribution is -2.12. The summed E-state index contributed by atoms with van der Waals surface area (Å²) in [5.41, 5.74) is 2.36. The summed E-state index contributed by atoms with van der Waals surface area (Å²) in [4.78, 5) is 4.32. The van der Waals surface area contributed by atoms with Crippen molar-refractivity contribution in [1.82, 2.24) is 10.3 Å². The molecule has 0 aliphatic rings. The number of unbranched alkanes of at least 4 members (excludes halogenated alkanes) is 1. The first-order valence-corrected chi connectivity index (χ1v) is 7.74. The van der Waals surface area contributed by atoms with Crippen LogP contribution in [0.1, 0.15) is 37.9 Å². The summed E-state index contributed by atoms with van der Waals surface area (Å²) in [6, 6.07) is 12.2. The van der Waals surface area contributed by atoms with E-state index in [2.05, 4.69) is 36.3 Å². The third kappa shape index (κ3) is 5.20. The molecular formula is C18H24N2O. The van der Waals surface area contributed by atoms with Crippen LogP contribution in [0.15, 0.2) is 42.6 Å². The molecule has 2 aromatic rings. The Balaban J connectivity index is 1.97. The van der Waals surface area contributed by atoms with Gasteiger partial charge in [0.1, 0.15) is 11.5 Å². The van der Waals surface area contributed by atoms with Gasteiger partial charge in [-0.05, 0) is 43.1 Å². The molecule has 0 spiro atoms. The third-order valence-electron chi connectivity index (χ3n) is 3.32. The molecule has 0 saturated carbocycles. The van der Waals surface area contributed by atoms with Gasteiger partial charge in [-0.25, -0.2) is 0 Å². The van der Waals surface area contributed by atoms with Crippen molar-refractivity contribution in [2.45, 2.75) is 39.7 Å². The van der Waals surface area contributed by atoms with Crippen molar-refractivity contribution >= 4 is 0 Å². The molecule has 1 N–H and O–H groups in total. The number of benzene rings is 1. The van der Waals surface area contributed by atoms with E-state index in [0.29, 0.717) is 0 Å². The lowest BCUT2D eigenvalue weighted by atomic mass is 10.1. The Hall–Kier alpha value is -1.87. The number of aromatic nitrogens is 1. The highest BCUT2D eigenvalue weighted by Crippen LogP contribution is 2.22. The minimum absolute atomic E-state index is 0.768. The highest BCUT2D eigenvalue weighted by Gasteiger charge is 2.01. The molecule has 1 aromatic carbocycles. The smallest absolute Gasteiger partial charge is 0.130 e. The Morgan fingerprint density at radius 3 is 2.57 bits per heavy atom. The van der Waals surface area contributed by atoms with Crippen molar-refractivity contribution in [2.24, 2.45) is 0 Å². The molecule has 0 atom stereocenters. The van der Waals surface area contributed by atoms with Crippen LogP contribution in [-0.4, -0.2) is 11.5 Å². The predicted molar refractivity (Wildman–Crippen MR) is 86.7 cm³/mol. The van der Waals surface area contributed by atoms with Crippen LogP contribution in [0.25, 0.3) is 0 Å². The highest BCUT2D eigenvalue weighted by atomic mass is 16.5. The molecule has 0 aliphatic carbocycles. The zero-order valence-electron chi connectivity index (χ0n) is 12.9. The van der Waals surface area contributed by atoms with Gasteiger partial charge in [-0.2, -0.15) is 0 Å². The second-order valence-corrected chi connectivity index (χ2v) is 5.11. The largest absolute Gasteiger partial charge is 0.457 e. The number of rotatable bonds is 8. The van der Waals surface area contributed by atoms with Gasteiger partial charge in [0.05, 0.1) is 5.69 Å². The summed E-state index contributed by atoms with van der Waals surface area (Å²) < 4.78 is 5.89. The number of ether oxygens (including phenoxy) is 1. The molecule has 112 valence electrons. The van der Waals surface area contributed by atoms with E-state index < -0.39 is 0 Å². The van der Waals surface area contributed by atoms with Gasteiger partial charge in [-0.1, -0.05) is 32.4 Å². The number of hydrogen-bond donors (Lipinski definition) is 1. The summed E-state index contributed by atoms with van der Waals surface area (Å²) in [6.07, 6.45) is 5.39. The van der Waals surface area contributed by atoms with Gasteiger partial charge >= 0.3 is 0 Å². The lowest BCUT2D eigenvalue weighted by molar-refractivity contribution is 0.480. The summed E-state index contributed by atoms with van der Waals surface area (Å²) in [7, 11) is 0. The molecule has 3 nitrogen and oxygen atoms in total. The van der Waals surface area contributed by atoms with Gasteiger partial charge < -0.3 is 10.1 Å². The van der Waals surface area contributed by atoms with Crippen molar-refractivity contribution in [3.63, 3.8) is 0 Å². The van der Waals surface area contributed by atoms with E-state index in [-0.39, 0.29) is 0 Å². The first-order chi connectivity index (χ1) is 10.3. The molecule has 0 radical (unpaired) electrons. The molecule has 1 heterocycles. The number of aryl methyl sites for hydroxylation is 1. The van der Waals surface area contributed by atoms with Crippen molar-refractivity contribution in [1.29, 1.82) is 0 Å². The zero-order chi connectivity index (χ0) is 14.9. The van der Waals surface area contributed by atoms with E-state index in [1.807, 2.05) is 24.3 Å². The standard InChI is InChI=1S/C18H24N2O/c1-3-5-6-15-7-9-17(10-8-15)21-18-11-12-20-16(13-18)14-19-4-2/h7-13,19H,3-6,14H2,1-2H3. The van der Waals surface area contributed by atoms with Gasteiger partial charge in [0.25, 0.3) is 0 Å². The number of hydrogen-bond acceptors (Lipinski definition) is 3. The normalized spacial score (nSPS) is 10.6. The molecule has 2 rings (SSSR count). The van der Waals surface area contributed by atoms with Crippen molar-refractivity contribution < 1.29 is 4.74 Å². The molecule has 3 heteroatoms. The average molecular weight is 284 g/mol. The molecular weight excluding hydrogens is 260 g/mol. The van der Waals surface area contributed by atoms with Crippen molar-refractivity contribution in [2.75, 3.05) is 6.54 Å². The van der Waals surface area contributed by atoms with E-state index >= 15 is 0 Å². The monoisotopic (exact) mass is 284 g/mol. The van der Waals surface area contributed by atoms with Crippen LogP contribution in [-0.2, 0) is 13.0 Å². The predicted octanol–water partition coefficient (Wildman–Crippen LogP) is 4.33. The van der Waals surface area contributed by atoms with Gasteiger partial charge in [-0.15, -0.1) is 0 Å². The van der Waals surface area contributed by atoms with Gasteiger partial charge in [0.2, 0.25) is 0 Å². The summed E-state index contributed by atoms with van der Waals surface area (Å²) in [6.45, 7) is 6.00. The first kappa shape index (κ1) is 15.5. The summed E-state index contributed by atoms with van der Waals surface area (Å²) in [5, 5.41) is 3.26. The fourth-order valence-corrected chi connectivity index (χ4v) is 2.11. The van der Waals surface area contributed by atoms with Crippen LogP contribution in [0.3, 0.4) is 0 Å². The Bertz CT molecular complexity index is 537. The van der Waals surface area contributed by atoms with Crippen LogP contribution < -0.4 is 10.1 Å². The van der Waals surface area contributed by atoms with E-state index in [0.717, 1.165) is 36.7 Å². The summed E-state index contributed by atoms with van der Waals surface area (Å²) in [5.74, 6) is 1.70. The molecule has 0 unspecified atom stereocenters. The topological polar surface area (TPSA) is 34.1 Å². The van der Waals surface area contributed by atoms with E-state index in [9.17, 15) is 0 Å². The van der Waals surface area contributed by atoms with Crippen LogP contribution in [0.2, 0.25) is 0 Å².